The molecule has 0 bridgehead atoms. The first-order chi connectivity index (χ1) is 27.7. The van der Waals surface area contributed by atoms with Crippen molar-refractivity contribution in [2.45, 2.75) is 0 Å². The van der Waals surface area contributed by atoms with Gasteiger partial charge in [-0.1, -0.05) is 97.1 Å². The minimum Gasteiger partial charge on any atom is -0.310 e. The summed E-state index contributed by atoms with van der Waals surface area (Å²) in [5.41, 5.74) is 8.07. The van der Waals surface area contributed by atoms with Gasteiger partial charge in [0.2, 0.25) is 0 Å². The van der Waals surface area contributed by atoms with Gasteiger partial charge in [-0.3, -0.25) is 0 Å². The molecular formula is C52H32N2S2. The molecule has 12 aromatic rings. The SMILES string of the molecule is c1ccc(-n2c(-c3ccc(N(c4ccc5cc6sc7ccccc7c6cc5c4)c4ccc5cc6sc7ccccc7c6cc5c4)cc3)cc3ccccc32)cc1. The lowest BCUT2D eigenvalue weighted by molar-refractivity contribution is 1.13. The Labute approximate surface area is 331 Å². The van der Waals surface area contributed by atoms with Gasteiger partial charge in [0.05, 0.1) is 11.2 Å². The van der Waals surface area contributed by atoms with E-state index in [1.54, 1.807) is 0 Å². The second-order valence-corrected chi connectivity index (χ2v) is 16.8. The molecule has 0 saturated heterocycles. The molecule has 12 rings (SSSR count). The number of fused-ring (bicyclic) bond motifs is 9. The molecule has 0 aliphatic heterocycles. The van der Waals surface area contributed by atoms with Crippen molar-refractivity contribution in [2.75, 3.05) is 4.90 Å². The first kappa shape index (κ1) is 31.6. The van der Waals surface area contributed by atoms with Crippen molar-refractivity contribution in [1.82, 2.24) is 4.57 Å². The zero-order valence-corrected chi connectivity index (χ0v) is 31.8. The van der Waals surface area contributed by atoms with Crippen LogP contribution in [0, 0.1) is 0 Å². The Balaban J connectivity index is 1.04. The van der Waals surface area contributed by atoms with Gasteiger partial charge in [-0.15, -0.1) is 22.7 Å². The number of nitrogens with zero attached hydrogens (tertiary/aromatic N) is 2. The predicted molar refractivity (Wildman–Crippen MR) is 244 cm³/mol. The largest absolute Gasteiger partial charge is 0.310 e. The smallest absolute Gasteiger partial charge is 0.0541 e. The van der Waals surface area contributed by atoms with Crippen molar-refractivity contribution in [1.29, 1.82) is 0 Å². The van der Waals surface area contributed by atoms with Gasteiger partial charge in [0.15, 0.2) is 0 Å². The van der Waals surface area contributed by atoms with E-state index in [4.69, 9.17) is 0 Å². The molecule has 262 valence electrons. The Kier molecular flexibility index (Phi) is 7.00. The fourth-order valence-corrected chi connectivity index (χ4v) is 10.9. The molecule has 0 unspecified atom stereocenters. The maximum absolute atomic E-state index is 2.42. The van der Waals surface area contributed by atoms with E-state index in [9.17, 15) is 0 Å². The van der Waals surface area contributed by atoms with Crippen LogP contribution < -0.4 is 4.90 Å². The molecule has 4 heteroatoms. The molecule has 9 aromatic carbocycles. The zero-order valence-electron chi connectivity index (χ0n) is 30.2. The van der Waals surface area contributed by atoms with E-state index in [1.807, 2.05) is 22.7 Å². The van der Waals surface area contributed by atoms with Gasteiger partial charge < -0.3 is 9.47 Å². The number of para-hydroxylation sites is 2. The first-order valence-corrected chi connectivity index (χ1v) is 20.6. The van der Waals surface area contributed by atoms with E-state index in [0.717, 1.165) is 22.7 Å². The molecule has 0 atom stereocenters. The Bertz CT molecular complexity index is 3330. The van der Waals surface area contributed by atoms with E-state index in [0.29, 0.717) is 0 Å². The number of anilines is 3. The summed E-state index contributed by atoms with van der Waals surface area (Å²) in [6.45, 7) is 0. The molecule has 0 spiro atoms. The molecule has 0 N–H and O–H groups in total. The lowest BCUT2D eigenvalue weighted by atomic mass is 10.0. The van der Waals surface area contributed by atoms with Gasteiger partial charge in [0, 0.05) is 68.5 Å². The second kappa shape index (κ2) is 12.4. The summed E-state index contributed by atoms with van der Waals surface area (Å²) in [7, 11) is 0. The van der Waals surface area contributed by atoms with Gasteiger partial charge >= 0.3 is 0 Å². The van der Waals surface area contributed by atoms with Gasteiger partial charge in [-0.2, -0.15) is 0 Å². The highest BCUT2D eigenvalue weighted by molar-refractivity contribution is 7.26. The second-order valence-electron chi connectivity index (χ2n) is 14.6. The Morgan fingerprint density at radius 3 is 1.50 bits per heavy atom. The van der Waals surface area contributed by atoms with Crippen LogP contribution >= 0.6 is 22.7 Å². The summed E-state index contributed by atoms with van der Waals surface area (Å²) in [6, 6.07) is 71.6. The lowest BCUT2D eigenvalue weighted by Gasteiger charge is -2.26. The van der Waals surface area contributed by atoms with E-state index in [1.165, 1.54) is 84.0 Å². The van der Waals surface area contributed by atoms with Crippen LogP contribution in [0.25, 0.3) is 89.7 Å². The van der Waals surface area contributed by atoms with Crippen LogP contribution in [0.2, 0.25) is 0 Å². The van der Waals surface area contributed by atoms with Crippen LogP contribution in [0.4, 0.5) is 17.1 Å². The first-order valence-electron chi connectivity index (χ1n) is 19.0. The average Bonchev–Trinajstić information content (AvgIpc) is 3.93. The fraction of sp³-hybridized carbons (Fsp3) is 0. The molecule has 0 aliphatic carbocycles. The Morgan fingerprint density at radius 1 is 0.339 bits per heavy atom. The highest BCUT2D eigenvalue weighted by atomic mass is 32.1. The fourth-order valence-electron chi connectivity index (χ4n) is 8.64. The van der Waals surface area contributed by atoms with Crippen molar-refractivity contribution < 1.29 is 0 Å². The minimum atomic E-state index is 1.11. The number of hydrogen-bond donors (Lipinski definition) is 0. The topological polar surface area (TPSA) is 8.17 Å². The van der Waals surface area contributed by atoms with Gasteiger partial charge in [0.25, 0.3) is 0 Å². The van der Waals surface area contributed by atoms with E-state index >= 15 is 0 Å². The molecule has 0 aliphatic rings. The molecule has 3 aromatic heterocycles. The molecule has 2 nitrogen and oxygen atoms in total. The average molecular weight is 749 g/mol. The summed E-state index contributed by atoms with van der Waals surface area (Å²) >= 11 is 3.74. The van der Waals surface area contributed by atoms with Crippen LogP contribution in [-0.2, 0) is 0 Å². The van der Waals surface area contributed by atoms with Crippen LogP contribution in [0.5, 0.6) is 0 Å². The van der Waals surface area contributed by atoms with Crippen LogP contribution in [0.1, 0.15) is 0 Å². The van der Waals surface area contributed by atoms with Crippen molar-refractivity contribution in [3.05, 3.63) is 194 Å². The van der Waals surface area contributed by atoms with Crippen LogP contribution in [0.3, 0.4) is 0 Å². The lowest BCUT2D eigenvalue weighted by Crippen LogP contribution is -2.10. The van der Waals surface area contributed by atoms with Crippen LogP contribution in [0.15, 0.2) is 194 Å². The number of thiophene rings is 2. The van der Waals surface area contributed by atoms with E-state index in [2.05, 4.69) is 204 Å². The van der Waals surface area contributed by atoms with E-state index < -0.39 is 0 Å². The maximum Gasteiger partial charge on any atom is 0.0541 e. The zero-order chi connectivity index (χ0) is 36.7. The molecule has 3 heterocycles. The van der Waals surface area contributed by atoms with Gasteiger partial charge in [0.1, 0.15) is 0 Å². The number of benzene rings is 9. The van der Waals surface area contributed by atoms with Gasteiger partial charge in [-0.25, -0.2) is 0 Å². The predicted octanol–water partition coefficient (Wildman–Crippen LogP) is 15.8. The standard InChI is InChI=1S/C52H32N2S2/c1-2-11-39(12-3-1)54-47-15-7-4-10-36(47)30-48(54)33-18-22-40(23-19-33)53(41-24-20-34-31-51-45(28-37(34)26-41)43-13-5-8-16-49(43)55-51)42-25-21-35-32-52-46(29-38(35)27-42)44-14-6-9-17-50(44)56-52/h1-32H. The Morgan fingerprint density at radius 2 is 0.875 bits per heavy atom. The normalized spacial score (nSPS) is 11.9. The third-order valence-electron chi connectivity index (χ3n) is 11.3. The van der Waals surface area contributed by atoms with Crippen LogP contribution in [-0.4, -0.2) is 4.57 Å². The molecule has 0 amide bonds. The Hall–Kier alpha value is -6.72. The number of rotatable bonds is 5. The highest BCUT2D eigenvalue weighted by Gasteiger charge is 2.18. The summed E-state index contributed by atoms with van der Waals surface area (Å²) < 4.78 is 7.69. The number of aromatic nitrogens is 1. The van der Waals surface area contributed by atoms with Gasteiger partial charge in [-0.05, 0) is 124 Å². The number of hydrogen-bond acceptors (Lipinski definition) is 3. The summed E-state index contributed by atoms with van der Waals surface area (Å²) in [5, 5.41) is 11.5. The summed E-state index contributed by atoms with van der Waals surface area (Å²) in [5.74, 6) is 0. The molecular weight excluding hydrogens is 717 g/mol. The third-order valence-corrected chi connectivity index (χ3v) is 13.6. The molecule has 0 radical (unpaired) electrons. The van der Waals surface area contributed by atoms with Crippen molar-refractivity contribution in [3.63, 3.8) is 0 Å². The monoisotopic (exact) mass is 748 g/mol. The molecule has 56 heavy (non-hydrogen) atoms. The minimum absolute atomic E-state index is 1.11. The van der Waals surface area contributed by atoms with Crippen molar-refractivity contribution in [2.24, 2.45) is 0 Å². The van der Waals surface area contributed by atoms with Crippen molar-refractivity contribution in [3.8, 4) is 16.9 Å². The highest BCUT2D eigenvalue weighted by Crippen LogP contribution is 2.43. The van der Waals surface area contributed by atoms with Crippen molar-refractivity contribution >= 4 is 113 Å². The van der Waals surface area contributed by atoms with E-state index in [-0.39, 0.29) is 0 Å². The summed E-state index contributed by atoms with van der Waals surface area (Å²) in [6.07, 6.45) is 0. The quantitative estimate of drug-likeness (QED) is 0.170. The molecule has 0 saturated carbocycles. The molecule has 0 fully saturated rings. The third kappa shape index (κ3) is 5.00. The summed E-state index contributed by atoms with van der Waals surface area (Å²) in [4.78, 5) is 2.42. The maximum atomic E-state index is 2.42.